The van der Waals surface area contributed by atoms with Crippen LogP contribution in [0.15, 0.2) is 30.9 Å². The van der Waals surface area contributed by atoms with E-state index in [4.69, 9.17) is 10.7 Å². The summed E-state index contributed by atoms with van der Waals surface area (Å²) in [5.41, 5.74) is 9.08. The molecule has 196 valence electrons. The van der Waals surface area contributed by atoms with Gasteiger partial charge in [0.15, 0.2) is 11.4 Å². The number of nitrogens with zero attached hydrogens (tertiary/aromatic N) is 7. The Kier molecular flexibility index (Phi) is 5.53. The molecule has 12 nitrogen and oxygen atoms in total. The summed E-state index contributed by atoms with van der Waals surface area (Å²) in [6.45, 7) is 4.85. The molecule has 6 rings (SSSR count). The van der Waals surface area contributed by atoms with E-state index in [1.165, 1.54) is 17.8 Å². The number of hydrogen-bond donors (Lipinski definition) is 3. The second-order valence-corrected chi connectivity index (χ2v) is 10.7. The SMILES string of the molecule is CC(=O)c1c([C@H]2C[C@H]3CC[C@@H](C2)N3C(=O)c2ncn[nH]2)nc2c(-c3ccc(C(C)(C)O)nc3)cnn2c1N. The van der Waals surface area contributed by atoms with Gasteiger partial charge in [-0.2, -0.15) is 14.7 Å². The van der Waals surface area contributed by atoms with E-state index in [1.54, 1.807) is 32.3 Å². The van der Waals surface area contributed by atoms with E-state index in [9.17, 15) is 14.7 Å². The molecular weight excluding hydrogens is 486 g/mol. The summed E-state index contributed by atoms with van der Waals surface area (Å²) in [7, 11) is 0. The number of nitrogen functional groups attached to an aromatic ring is 1. The van der Waals surface area contributed by atoms with E-state index in [-0.39, 0.29) is 41.3 Å². The lowest BCUT2D eigenvalue weighted by Crippen LogP contribution is -2.46. The highest BCUT2D eigenvalue weighted by molar-refractivity contribution is 6.00. The molecule has 2 saturated heterocycles. The fraction of sp³-hybridized carbons (Fsp3) is 0.423. The number of aromatic nitrogens is 7. The number of nitrogens with two attached hydrogens (primary N) is 1. The number of pyridine rings is 1. The number of amides is 1. The number of carbonyl (C=O) groups is 2. The van der Waals surface area contributed by atoms with Crippen LogP contribution in [0.25, 0.3) is 16.8 Å². The Balaban J connectivity index is 1.39. The van der Waals surface area contributed by atoms with Gasteiger partial charge in [0.25, 0.3) is 5.91 Å². The van der Waals surface area contributed by atoms with Gasteiger partial charge in [-0.3, -0.25) is 19.7 Å². The maximum absolute atomic E-state index is 13.1. The number of aromatic amines is 1. The summed E-state index contributed by atoms with van der Waals surface area (Å²) >= 11 is 0. The van der Waals surface area contributed by atoms with E-state index in [1.807, 2.05) is 11.0 Å². The van der Waals surface area contributed by atoms with Gasteiger partial charge < -0.3 is 15.7 Å². The maximum Gasteiger partial charge on any atom is 0.291 e. The van der Waals surface area contributed by atoms with Gasteiger partial charge in [-0.25, -0.2) is 9.97 Å². The molecular formula is C26H29N9O3. The Labute approximate surface area is 218 Å². The number of ketones is 1. The quantitative estimate of drug-likeness (QED) is 0.338. The normalized spacial score (nSPS) is 21.3. The van der Waals surface area contributed by atoms with Gasteiger partial charge in [0.2, 0.25) is 5.82 Å². The molecule has 2 aliphatic rings. The fourth-order valence-electron chi connectivity index (χ4n) is 5.97. The average molecular weight is 516 g/mol. The lowest BCUT2D eigenvalue weighted by Gasteiger charge is -2.38. The van der Waals surface area contributed by atoms with Crippen molar-refractivity contribution in [3.05, 3.63) is 53.6 Å². The number of piperidine rings is 1. The predicted molar refractivity (Wildman–Crippen MR) is 137 cm³/mol. The Morgan fingerprint density at radius 1 is 1.13 bits per heavy atom. The molecule has 6 heterocycles. The highest BCUT2D eigenvalue weighted by Crippen LogP contribution is 2.45. The number of fused-ring (bicyclic) bond motifs is 3. The minimum Gasteiger partial charge on any atom is -0.384 e. The number of Topliss-reactive ketones (excluding diaryl/α,β-unsaturated/α-hetero) is 1. The smallest absolute Gasteiger partial charge is 0.291 e. The standard InChI is InChI=1S/C26H29N9O3/c1-13(36)20-21(15-8-16-5-6-17(9-15)34(16)25(37)23-29-12-30-33-23)32-24-18(11-31-35(24)22(20)27)14-4-7-19(28-10-14)26(2,3)38/h4,7,10-12,15-17,38H,5-6,8-9,27H2,1-3H3,(H,29,30,33)/t15-,16+,17-. The molecule has 0 radical (unpaired) electrons. The summed E-state index contributed by atoms with van der Waals surface area (Å²) < 4.78 is 1.50. The van der Waals surface area contributed by atoms with Crippen LogP contribution >= 0.6 is 0 Å². The van der Waals surface area contributed by atoms with Crippen molar-refractivity contribution in [3.63, 3.8) is 0 Å². The molecule has 2 fully saturated rings. The Morgan fingerprint density at radius 3 is 2.45 bits per heavy atom. The number of nitrogens with one attached hydrogen (secondary N) is 1. The van der Waals surface area contributed by atoms with Gasteiger partial charge >= 0.3 is 0 Å². The molecule has 0 aliphatic carbocycles. The number of hydrogen-bond acceptors (Lipinski definition) is 9. The van der Waals surface area contributed by atoms with Crippen LogP contribution in [0.4, 0.5) is 5.82 Å². The number of aliphatic hydroxyl groups is 1. The van der Waals surface area contributed by atoms with E-state index in [0.29, 0.717) is 35.4 Å². The molecule has 3 atom stereocenters. The zero-order valence-electron chi connectivity index (χ0n) is 21.4. The second-order valence-electron chi connectivity index (χ2n) is 10.7. The third-order valence-electron chi connectivity index (χ3n) is 7.74. The molecule has 0 saturated carbocycles. The summed E-state index contributed by atoms with van der Waals surface area (Å²) in [6.07, 6.45) is 7.77. The summed E-state index contributed by atoms with van der Waals surface area (Å²) in [4.78, 5) is 41.3. The number of rotatable bonds is 5. The van der Waals surface area contributed by atoms with Crippen LogP contribution in [0, 0.1) is 0 Å². The van der Waals surface area contributed by atoms with Crippen LogP contribution in [0.2, 0.25) is 0 Å². The first-order chi connectivity index (χ1) is 18.1. The first-order valence-electron chi connectivity index (χ1n) is 12.7. The molecule has 2 aliphatic heterocycles. The number of carbonyl (C=O) groups excluding carboxylic acids is 2. The number of H-pyrrole nitrogens is 1. The van der Waals surface area contributed by atoms with E-state index < -0.39 is 5.60 Å². The minimum atomic E-state index is -1.06. The van der Waals surface area contributed by atoms with Crippen LogP contribution < -0.4 is 5.73 Å². The molecule has 12 heteroatoms. The summed E-state index contributed by atoms with van der Waals surface area (Å²) in [5, 5.41) is 21.2. The third kappa shape index (κ3) is 3.83. The van der Waals surface area contributed by atoms with Crippen LogP contribution in [0.1, 0.15) is 84.7 Å². The summed E-state index contributed by atoms with van der Waals surface area (Å²) in [6, 6.07) is 3.66. The van der Waals surface area contributed by atoms with Gasteiger partial charge in [-0.1, -0.05) is 6.07 Å². The zero-order chi connectivity index (χ0) is 26.8. The van der Waals surface area contributed by atoms with Crippen molar-refractivity contribution >= 4 is 23.2 Å². The van der Waals surface area contributed by atoms with Gasteiger partial charge in [-0.05, 0) is 52.5 Å². The van der Waals surface area contributed by atoms with Gasteiger partial charge in [0.1, 0.15) is 17.7 Å². The Hall–Kier alpha value is -4.19. The fourth-order valence-corrected chi connectivity index (χ4v) is 5.97. The summed E-state index contributed by atoms with van der Waals surface area (Å²) in [5.74, 6) is 0.117. The second kappa shape index (κ2) is 8.69. The van der Waals surface area contributed by atoms with E-state index in [2.05, 4.69) is 25.3 Å². The van der Waals surface area contributed by atoms with Crippen molar-refractivity contribution in [2.75, 3.05) is 5.73 Å². The van der Waals surface area contributed by atoms with Crippen molar-refractivity contribution in [1.82, 2.24) is 39.7 Å². The Bertz CT molecular complexity index is 1520. The van der Waals surface area contributed by atoms with E-state index in [0.717, 1.165) is 24.0 Å². The monoisotopic (exact) mass is 515 g/mol. The molecule has 0 aromatic carbocycles. The van der Waals surface area contributed by atoms with Gasteiger partial charge in [-0.15, -0.1) is 0 Å². The maximum atomic E-state index is 13.1. The highest BCUT2D eigenvalue weighted by Gasteiger charge is 2.45. The molecule has 2 bridgehead atoms. The first kappa shape index (κ1) is 24.2. The third-order valence-corrected chi connectivity index (χ3v) is 7.74. The van der Waals surface area contributed by atoms with Crippen LogP contribution in [0.5, 0.6) is 0 Å². The largest absolute Gasteiger partial charge is 0.384 e. The van der Waals surface area contributed by atoms with Crippen molar-refractivity contribution in [3.8, 4) is 11.1 Å². The average Bonchev–Trinajstić information content (AvgIpc) is 3.61. The van der Waals surface area contributed by atoms with Crippen molar-refractivity contribution < 1.29 is 14.7 Å². The lowest BCUT2D eigenvalue weighted by atomic mass is 9.85. The first-order valence-corrected chi connectivity index (χ1v) is 12.7. The van der Waals surface area contributed by atoms with Crippen LogP contribution in [-0.2, 0) is 5.60 Å². The molecule has 4 aromatic heterocycles. The molecule has 4 N–H and O–H groups in total. The van der Waals surface area contributed by atoms with Gasteiger partial charge in [0.05, 0.1) is 23.1 Å². The van der Waals surface area contributed by atoms with Crippen molar-refractivity contribution in [1.29, 1.82) is 0 Å². The van der Waals surface area contributed by atoms with Gasteiger partial charge in [0, 0.05) is 35.3 Å². The Morgan fingerprint density at radius 2 is 1.87 bits per heavy atom. The number of anilines is 1. The molecule has 1 amide bonds. The minimum absolute atomic E-state index is 0.0124. The molecule has 4 aromatic rings. The van der Waals surface area contributed by atoms with Crippen molar-refractivity contribution in [2.24, 2.45) is 0 Å². The van der Waals surface area contributed by atoms with Crippen molar-refractivity contribution in [2.45, 2.75) is 70.1 Å². The van der Waals surface area contributed by atoms with Crippen LogP contribution in [-0.4, -0.2) is 68.5 Å². The topological polar surface area (TPSA) is 168 Å². The zero-order valence-corrected chi connectivity index (χ0v) is 21.4. The van der Waals surface area contributed by atoms with E-state index >= 15 is 0 Å². The molecule has 38 heavy (non-hydrogen) atoms. The lowest BCUT2D eigenvalue weighted by molar-refractivity contribution is 0.0556. The molecule has 0 unspecified atom stereocenters. The molecule has 0 spiro atoms. The van der Waals surface area contributed by atoms with Crippen LogP contribution in [0.3, 0.4) is 0 Å². The predicted octanol–water partition coefficient (Wildman–Crippen LogP) is 2.47. The highest BCUT2D eigenvalue weighted by atomic mass is 16.3.